The maximum atomic E-state index is 13.0. The second-order valence-electron chi connectivity index (χ2n) is 8.61. The summed E-state index contributed by atoms with van der Waals surface area (Å²) >= 11 is 1.60. The zero-order chi connectivity index (χ0) is 21.3. The van der Waals surface area contributed by atoms with Crippen LogP contribution in [-0.4, -0.2) is 75.8 Å². The van der Waals surface area contributed by atoms with Crippen LogP contribution in [0.2, 0.25) is 0 Å². The third-order valence-electron chi connectivity index (χ3n) is 6.64. The molecule has 162 valence electrons. The fourth-order valence-corrected chi connectivity index (χ4v) is 5.75. The summed E-state index contributed by atoms with van der Waals surface area (Å²) < 4.78 is 0. The summed E-state index contributed by atoms with van der Waals surface area (Å²) in [6.45, 7) is 1.27. The van der Waals surface area contributed by atoms with Crippen LogP contribution < -0.4 is 0 Å². The lowest BCUT2D eigenvalue weighted by atomic mass is 9.79. The highest BCUT2D eigenvalue weighted by Crippen LogP contribution is 2.44. The van der Waals surface area contributed by atoms with Gasteiger partial charge in [0.2, 0.25) is 5.91 Å². The molecule has 1 aliphatic carbocycles. The number of thiophene rings is 1. The SMILES string of the molecule is O=C(O)CC1(CC(=O)N2CCN3C(=O)N(CCc4cccs4)C(=O)[C@H]3C2)CCCC1. The second kappa shape index (κ2) is 8.37. The number of imide groups is 1. The van der Waals surface area contributed by atoms with Gasteiger partial charge in [0.1, 0.15) is 6.04 Å². The van der Waals surface area contributed by atoms with Gasteiger partial charge in [0, 0.05) is 30.9 Å². The van der Waals surface area contributed by atoms with Gasteiger partial charge in [-0.3, -0.25) is 19.3 Å². The molecule has 1 N–H and O–H groups in total. The lowest BCUT2D eigenvalue weighted by Crippen LogP contribution is -2.55. The molecule has 0 unspecified atom stereocenters. The Morgan fingerprint density at radius 2 is 1.93 bits per heavy atom. The second-order valence-corrected chi connectivity index (χ2v) is 9.64. The van der Waals surface area contributed by atoms with Gasteiger partial charge in [-0.05, 0) is 36.1 Å². The van der Waals surface area contributed by atoms with Crippen LogP contribution in [0, 0.1) is 5.41 Å². The number of nitrogens with zero attached hydrogens (tertiary/aromatic N) is 3. The Bertz CT molecular complexity index is 834. The summed E-state index contributed by atoms with van der Waals surface area (Å²) in [5.41, 5.74) is -0.470. The zero-order valence-electron chi connectivity index (χ0n) is 16.9. The number of hydrogen-bond acceptors (Lipinski definition) is 5. The number of amides is 4. The van der Waals surface area contributed by atoms with E-state index < -0.39 is 17.4 Å². The Morgan fingerprint density at radius 3 is 2.60 bits per heavy atom. The van der Waals surface area contributed by atoms with Gasteiger partial charge in [0.25, 0.3) is 5.91 Å². The van der Waals surface area contributed by atoms with E-state index in [4.69, 9.17) is 0 Å². The minimum absolute atomic E-state index is 0.00997. The lowest BCUT2D eigenvalue weighted by Gasteiger charge is -2.37. The molecule has 1 aromatic heterocycles. The lowest BCUT2D eigenvalue weighted by molar-refractivity contribution is -0.142. The predicted molar refractivity (Wildman–Crippen MR) is 110 cm³/mol. The van der Waals surface area contributed by atoms with Crippen molar-refractivity contribution in [3.63, 3.8) is 0 Å². The van der Waals surface area contributed by atoms with Gasteiger partial charge in [-0.1, -0.05) is 18.9 Å². The number of carbonyl (C=O) groups excluding carboxylic acids is 3. The van der Waals surface area contributed by atoms with E-state index in [-0.39, 0.29) is 37.2 Å². The van der Waals surface area contributed by atoms with E-state index >= 15 is 0 Å². The summed E-state index contributed by atoms with van der Waals surface area (Å²) in [5.74, 6) is -1.21. The fraction of sp³-hybridized carbons (Fsp3) is 0.619. The predicted octanol–water partition coefficient (Wildman–Crippen LogP) is 2.19. The van der Waals surface area contributed by atoms with Crippen LogP contribution in [0.4, 0.5) is 4.79 Å². The first kappa shape index (κ1) is 20.8. The first-order valence-corrected chi connectivity index (χ1v) is 11.4. The molecule has 1 saturated carbocycles. The van der Waals surface area contributed by atoms with Gasteiger partial charge < -0.3 is 14.9 Å². The summed E-state index contributed by atoms with van der Waals surface area (Å²) in [6.07, 6.45) is 4.25. The van der Waals surface area contributed by atoms with Crippen LogP contribution >= 0.6 is 11.3 Å². The normalized spacial score (nSPS) is 23.2. The van der Waals surface area contributed by atoms with Crippen LogP contribution in [0.5, 0.6) is 0 Å². The van der Waals surface area contributed by atoms with E-state index in [0.29, 0.717) is 26.1 Å². The van der Waals surface area contributed by atoms with E-state index in [1.807, 2.05) is 17.5 Å². The molecule has 3 fully saturated rings. The molecule has 0 radical (unpaired) electrons. The third kappa shape index (κ3) is 4.08. The van der Waals surface area contributed by atoms with Crippen molar-refractivity contribution >= 4 is 35.2 Å². The number of aliphatic carboxylic acids is 1. The maximum absolute atomic E-state index is 13.0. The number of fused-ring (bicyclic) bond motifs is 1. The van der Waals surface area contributed by atoms with Gasteiger partial charge in [-0.25, -0.2) is 4.79 Å². The van der Waals surface area contributed by atoms with Crippen molar-refractivity contribution in [2.24, 2.45) is 5.41 Å². The topological polar surface area (TPSA) is 98.2 Å². The number of urea groups is 1. The molecule has 1 atom stereocenters. The van der Waals surface area contributed by atoms with Crippen molar-refractivity contribution in [2.75, 3.05) is 26.2 Å². The molecule has 2 saturated heterocycles. The Morgan fingerprint density at radius 1 is 1.17 bits per heavy atom. The molecule has 4 amide bonds. The zero-order valence-corrected chi connectivity index (χ0v) is 17.7. The molecule has 8 nitrogen and oxygen atoms in total. The van der Waals surface area contributed by atoms with E-state index in [1.54, 1.807) is 21.1 Å². The highest BCUT2D eigenvalue weighted by molar-refractivity contribution is 7.09. The molecule has 0 aromatic carbocycles. The van der Waals surface area contributed by atoms with Crippen molar-refractivity contribution in [1.29, 1.82) is 0 Å². The summed E-state index contributed by atoms with van der Waals surface area (Å²) in [6, 6.07) is 3.03. The molecule has 0 bridgehead atoms. The smallest absolute Gasteiger partial charge is 0.327 e. The summed E-state index contributed by atoms with van der Waals surface area (Å²) in [5, 5.41) is 11.2. The van der Waals surface area contributed by atoms with E-state index in [1.165, 1.54) is 4.90 Å². The van der Waals surface area contributed by atoms with Gasteiger partial charge in [-0.15, -0.1) is 11.3 Å². The van der Waals surface area contributed by atoms with Crippen molar-refractivity contribution in [2.45, 2.75) is 51.0 Å². The van der Waals surface area contributed by atoms with Crippen LogP contribution in [0.1, 0.15) is 43.4 Å². The monoisotopic (exact) mass is 433 g/mol. The first-order valence-electron chi connectivity index (χ1n) is 10.5. The number of carbonyl (C=O) groups is 4. The maximum Gasteiger partial charge on any atom is 0.327 e. The third-order valence-corrected chi connectivity index (χ3v) is 7.58. The quantitative estimate of drug-likeness (QED) is 0.665. The minimum Gasteiger partial charge on any atom is -0.481 e. The highest BCUT2D eigenvalue weighted by atomic mass is 32.1. The van der Waals surface area contributed by atoms with Crippen LogP contribution in [-0.2, 0) is 20.8 Å². The number of rotatable bonds is 7. The van der Waals surface area contributed by atoms with E-state index in [0.717, 1.165) is 30.6 Å². The average molecular weight is 434 g/mol. The Hall–Kier alpha value is -2.42. The molecule has 3 heterocycles. The largest absolute Gasteiger partial charge is 0.481 e. The summed E-state index contributed by atoms with van der Waals surface area (Å²) in [7, 11) is 0. The molecule has 0 spiro atoms. The Balaban J connectivity index is 1.38. The number of carboxylic acid groups (broad SMARTS) is 1. The van der Waals surface area contributed by atoms with Crippen molar-refractivity contribution in [3.8, 4) is 0 Å². The van der Waals surface area contributed by atoms with Gasteiger partial charge in [0.15, 0.2) is 0 Å². The summed E-state index contributed by atoms with van der Waals surface area (Å²) in [4.78, 5) is 55.5. The molecule has 2 aliphatic heterocycles. The number of carboxylic acids is 1. The Labute approximate surface area is 179 Å². The number of hydrogen-bond donors (Lipinski definition) is 1. The van der Waals surface area contributed by atoms with Crippen LogP contribution in [0.15, 0.2) is 17.5 Å². The fourth-order valence-electron chi connectivity index (χ4n) is 5.06. The molecule has 1 aromatic rings. The van der Waals surface area contributed by atoms with Gasteiger partial charge >= 0.3 is 12.0 Å². The molecular formula is C21H27N3O5S. The standard InChI is InChI=1S/C21H27N3O5S/c25-17(12-21(13-18(26)27)6-1-2-7-21)22-9-10-23-16(14-22)19(28)24(20(23)29)8-5-15-4-3-11-30-15/h3-4,11,16H,1-2,5-10,12-14H2,(H,26,27)/t16-/m1/s1. The van der Waals surface area contributed by atoms with Gasteiger partial charge in [0.05, 0.1) is 13.0 Å². The Kier molecular flexibility index (Phi) is 5.81. The molecular weight excluding hydrogens is 406 g/mol. The first-order chi connectivity index (χ1) is 14.4. The van der Waals surface area contributed by atoms with Crippen molar-refractivity contribution in [3.05, 3.63) is 22.4 Å². The van der Waals surface area contributed by atoms with E-state index in [9.17, 15) is 24.3 Å². The van der Waals surface area contributed by atoms with Crippen LogP contribution in [0.3, 0.4) is 0 Å². The molecule has 30 heavy (non-hydrogen) atoms. The van der Waals surface area contributed by atoms with Crippen molar-refractivity contribution < 1.29 is 24.3 Å². The van der Waals surface area contributed by atoms with Gasteiger partial charge in [-0.2, -0.15) is 0 Å². The van der Waals surface area contributed by atoms with Crippen molar-refractivity contribution in [1.82, 2.24) is 14.7 Å². The molecule has 4 rings (SSSR count). The molecule has 3 aliphatic rings. The highest BCUT2D eigenvalue weighted by Gasteiger charge is 2.49. The molecule has 9 heteroatoms. The average Bonchev–Trinajstić information content (AvgIpc) is 3.43. The van der Waals surface area contributed by atoms with E-state index in [2.05, 4.69) is 0 Å². The number of piperazine rings is 1. The minimum atomic E-state index is -0.868. The van der Waals surface area contributed by atoms with Crippen LogP contribution in [0.25, 0.3) is 0 Å².